The van der Waals surface area contributed by atoms with Crippen LogP contribution >= 0.6 is 46.4 Å². The van der Waals surface area contributed by atoms with E-state index in [1.54, 1.807) is 12.1 Å². The molecule has 0 aliphatic carbocycles. The Morgan fingerprint density at radius 3 is 2.18 bits per heavy atom. The van der Waals surface area contributed by atoms with Gasteiger partial charge in [0.05, 0.1) is 0 Å². The van der Waals surface area contributed by atoms with Crippen LogP contribution in [0.3, 0.4) is 0 Å². The predicted octanol–water partition coefficient (Wildman–Crippen LogP) is 6.05. The zero-order chi connectivity index (χ0) is 12.4. The third-order valence-electron chi connectivity index (χ3n) is 2.41. The van der Waals surface area contributed by atoms with Gasteiger partial charge in [-0.25, -0.2) is 0 Å². The third kappa shape index (κ3) is 2.89. The fraction of sp³-hybridized carbons (Fsp3) is 0.0769. The Morgan fingerprint density at radius 1 is 0.765 bits per heavy atom. The van der Waals surface area contributed by atoms with Crippen molar-refractivity contribution in [1.82, 2.24) is 0 Å². The van der Waals surface area contributed by atoms with Gasteiger partial charge >= 0.3 is 0 Å². The lowest BCUT2D eigenvalue weighted by molar-refractivity contribution is 1.40. The molecule has 0 heterocycles. The van der Waals surface area contributed by atoms with Crippen molar-refractivity contribution in [2.45, 2.75) is 5.88 Å². The number of alkyl halides is 1. The highest BCUT2D eigenvalue weighted by molar-refractivity contribution is 6.38. The van der Waals surface area contributed by atoms with E-state index in [0.29, 0.717) is 20.9 Å². The van der Waals surface area contributed by atoms with Crippen molar-refractivity contribution in [3.05, 3.63) is 57.0 Å². The molecule has 0 atom stereocenters. The maximum absolute atomic E-state index is 6.16. The highest BCUT2D eigenvalue weighted by Gasteiger charge is 2.09. The summed E-state index contributed by atoms with van der Waals surface area (Å²) in [6.07, 6.45) is 0. The van der Waals surface area contributed by atoms with Gasteiger partial charge < -0.3 is 0 Å². The summed E-state index contributed by atoms with van der Waals surface area (Å²) >= 11 is 24.0. The minimum atomic E-state index is 0.440. The maximum Gasteiger partial charge on any atom is 0.0499 e. The van der Waals surface area contributed by atoms with Crippen molar-refractivity contribution in [3.8, 4) is 11.1 Å². The molecule has 0 aliphatic heterocycles. The van der Waals surface area contributed by atoms with Gasteiger partial charge in [-0.2, -0.15) is 0 Å². The van der Waals surface area contributed by atoms with Crippen LogP contribution in [0.15, 0.2) is 36.4 Å². The third-order valence-corrected chi connectivity index (χ3v) is 3.59. The fourth-order valence-corrected chi connectivity index (χ4v) is 2.47. The van der Waals surface area contributed by atoms with Crippen molar-refractivity contribution >= 4 is 46.4 Å². The molecule has 0 nitrogen and oxygen atoms in total. The van der Waals surface area contributed by atoms with Crippen LogP contribution in [0.4, 0.5) is 0 Å². The molecule has 0 bridgehead atoms. The molecular formula is C13H8Cl4. The second kappa shape index (κ2) is 5.49. The van der Waals surface area contributed by atoms with E-state index in [4.69, 9.17) is 46.4 Å². The topological polar surface area (TPSA) is 0 Å². The van der Waals surface area contributed by atoms with Crippen LogP contribution in [0, 0.1) is 0 Å². The Morgan fingerprint density at radius 2 is 1.53 bits per heavy atom. The van der Waals surface area contributed by atoms with Gasteiger partial charge in [0.2, 0.25) is 0 Å². The highest BCUT2D eigenvalue weighted by atomic mass is 35.5. The van der Waals surface area contributed by atoms with Crippen molar-refractivity contribution < 1.29 is 0 Å². The van der Waals surface area contributed by atoms with Crippen molar-refractivity contribution in [2.24, 2.45) is 0 Å². The number of hydrogen-bond acceptors (Lipinski definition) is 0. The summed E-state index contributed by atoms with van der Waals surface area (Å²) in [5, 5.41) is 1.82. The Balaban J connectivity index is 2.59. The molecule has 0 spiro atoms. The molecule has 2 rings (SSSR count). The van der Waals surface area contributed by atoms with E-state index >= 15 is 0 Å². The van der Waals surface area contributed by atoms with Gasteiger partial charge in [0.25, 0.3) is 0 Å². The minimum Gasteiger partial charge on any atom is -0.122 e. The minimum absolute atomic E-state index is 0.440. The van der Waals surface area contributed by atoms with Gasteiger partial charge in [-0.1, -0.05) is 46.9 Å². The molecule has 17 heavy (non-hydrogen) atoms. The molecular weight excluding hydrogens is 298 g/mol. The van der Waals surface area contributed by atoms with E-state index in [-0.39, 0.29) is 0 Å². The molecule has 0 aromatic heterocycles. The van der Waals surface area contributed by atoms with Gasteiger partial charge in [0.15, 0.2) is 0 Å². The summed E-state index contributed by atoms with van der Waals surface area (Å²) in [7, 11) is 0. The lowest BCUT2D eigenvalue weighted by Crippen LogP contribution is -1.85. The predicted molar refractivity (Wildman–Crippen MR) is 76.5 cm³/mol. The SMILES string of the molecule is ClCc1ccc(Cl)c(-c2ccc(Cl)cc2Cl)c1. The van der Waals surface area contributed by atoms with E-state index in [1.165, 1.54) is 0 Å². The van der Waals surface area contributed by atoms with Crippen LogP contribution in [0.25, 0.3) is 11.1 Å². The molecule has 0 saturated heterocycles. The Hall–Kier alpha value is -0.400. The average molecular weight is 306 g/mol. The molecule has 0 aliphatic rings. The Bertz CT molecular complexity index is 549. The molecule has 2 aromatic rings. The average Bonchev–Trinajstić information content (AvgIpc) is 2.30. The van der Waals surface area contributed by atoms with E-state index < -0.39 is 0 Å². The quantitative estimate of drug-likeness (QED) is 0.592. The molecule has 0 saturated carbocycles. The Labute approximate surface area is 120 Å². The maximum atomic E-state index is 6.16. The number of rotatable bonds is 2. The zero-order valence-corrected chi connectivity index (χ0v) is 11.7. The standard InChI is InChI=1S/C13H8Cl4/c14-7-8-1-4-12(16)11(5-8)10-3-2-9(15)6-13(10)17/h1-6H,7H2. The summed E-state index contributed by atoms with van der Waals surface area (Å²) in [6, 6.07) is 11.0. The van der Waals surface area contributed by atoms with Crippen LogP contribution in [0.1, 0.15) is 5.56 Å². The monoisotopic (exact) mass is 304 g/mol. The Kier molecular flexibility index (Phi) is 4.22. The van der Waals surface area contributed by atoms with E-state index in [9.17, 15) is 0 Å². The van der Waals surface area contributed by atoms with Crippen molar-refractivity contribution in [2.75, 3.05) is 0 Å². The van der Waals surface area contributed by atoms with Crippen LogP contribution in [0.2, 0.25) is 15.1 Å². The zero-order valence-electron chi connectivity index (χ0n) is 8.68. The van der Waals surface area contributed by atoms with Gasteiger partial charge in [-0.05, 0) is 29.8 Å². The van der Waals surface area contributed by atoms with Crippen molar-refractivity contribution in [3.63, 3.8) is 0 Å². The largest absolute Gasteiger partial charge is 0.122 e. The second-order valence-corrected chi connectivity index (χ2v) is 5.09. The molecule has 2 aromatic carbocycles. The molecule has 0 unspecified atom stereocenters. The van der Waals surface area contributed by atoms with E-state index in [2.05, 4.69) is 0 Å². The van der Waals surface area contributed by atoms with Crippen LogP contribution in [0.5, 0.6) is 0 Å². The van der Waals surface area contributed by atoms with Gasteiger partial charge in [0, 0.05) is 32.1 Å². The van der Waals surface area contributed by atoms with Gasteiger partial charge in [0.1, 0.15) is 0 Å². The molecule has 0 N–H and O–H groups in total. The van der Waals surface area contributed by atoms with Gasteiger partial charge in [-0.3, -0.25) is 0 Å². The first kappa shape index (κ1) is 13.0. The summed E-state index contributed by atoms with van der Waals surface area (Å²) in [6.45, 7) is 0. The number of halogens is 4. The number of hydrogen-bond donors (Lipinski definition) is 0. The van der Waals surface area contributed by atoms with E-state index in [0.717, 1.165) is 16.7 Å². The lowest BCUT2D eigenvalue weighted by Gasteiger charge is -2.08. The number of benzene rings is 2. The summed E-state index contributed by atoms with van der Waals surface area (Å²) in [5.74, 6) is 0.440. The first-order valence-electron chi connectivity index (χ1n) is 4.91. The van der Waals surface area contributed by atoms with Crippen LogP contribution in [-0.2, 0) is 5.88 Å². The highest BCUT2D eigenvalue weighted by Crippen LogP contribution is 2.35. The van der Waals surface area contributed by atoms with Crippen LogP contribution in [-0.4, -0.2) is 0 Å². The summed E-state index contributed by atoms with van der Waals surface area (Å²) < 4.78 is 0. The smallest absolute Gasteiger partial charge is 0.0499 e. The van der Waals surface area contributed by atoms with E-state index in [1.807, 2.05) is 24.3 Å². The van der Waals surface area contributed by atoms with Gasteiger partial charge in [-0.15, -0.1) is 11.6 Å². The normalized spacial score (nSPS) is 10.6. The summed E-state index contributed by atoms with van der Waals surface area (Å²) in [4.78, 5) is 0. The molecule has 0 amide bonds. The second-order valence-electron chi connectivity index (χ2n) is 3.57. The molecule has 0 radical (unpaired) electrons. The fourth-order valence-electron chi connectivity index (χ4n) is 1.57. The van der Waals surface area contributed by atoms with Crippen molar-refractivity contribution in [1.29, 1.82) is 0 Å². The molecule has 4 heteroatoms. The first-order valence-corrected chi connectivity index (χ1v) is 6.58. The molecule has 88 valence electrons. The summed E-state index contributed by atoms with van der Waals surface area (Å²) in [5.41, 5.74) is 2.72. The lowest BCUT2D eigenvalue weighted by atomic mass is 10.0. The first-order chi connectivity index (χ1) is 8.11. The molecule has 0 fully saturated rings. The van der Waals surface area contributed by atoms with Crippen LogP contribution < -0.4 is 0 Å².